The van der Waals surface area contributed by atoms with Gasteiger partial charge in [-0.1, -0.05) is 50.6 Å². The van der Waals surface area contributed by atoms with Crippen LogP contribution >= 0.6 is 11.6 Å². The fraction of sp³-hybridized carbons (Fsp3) is 0.462. The number of hydrogen-bond acceptors (Lipinski definition) is 4. The summed E-state index contributed by atoms with van der Waals surface area (Å²) in [5.41, 5.74) is 2.74. The lowest BCUT2D eigenvalue weighted by molar-refractivity contribution is -0.135. The fourth-order valence-electron chi connectivity index (χ4n) is 4.25. The number of para-hydroxylation sites is 1. The Hall–Kier alpha value is -2.53. The molecule has 2 aromatic rings. The highest BCUT2D eigenvalue weighted by atomic mass is 35.5. The molecule has 1 amide bonds. The number of nitrogens with zero attached hydrogens (tertiary/aromatic N) is 2. The third-order valence-electron chi connectivity index (χ3n) is 5.93. The molecule has 1 aliphatic heterocycles. The van der Waals surface area contributed by atoms with Gasteiger partial charge in [0.05, 0.1) is 7.11 Å². The summed E-state index contributed by atoms with van der Waals surface area (Å²) >= 11 is 6.05. The number of anilines is 1. The molecular formula is C26H33ClN2O3. The van der Waals surface area contributed by atoms with Crippen LogP contribution in [0, 0.1) is 11.8 Å². The molecule has 1 saturated heterocycles. The number of benzene rings is 2. The molecule has 1 fully saturated rings. The Kier molecular flexibility index (Phi) is 8.19. The lowest BCUT2D eigenvalue weighted by atomic mass is 9.98. The number of halogens is 1. The van der Waals surface area contributed by atoms with Crippen molar-refractivity contribution in [2.24, 2.45) is 11.8 Å². The van der Waals surface area contributed by atoms with E-state index in [1.54, 1.807) is 13.2 Å². The largest absolute Gasteiger partial charge is 0.496 e. The van der Waals surface area contributed by atoms with Crippen LogP contribution in [0.2, 0.25) is 5.02 Å². The summed E-state index contributed by atoms with van der Waals surface area (Å²) in [6.45, 7) is 8.81. The van der Waals surface area contributed by atoms with Gasteiger partial charge in [-0.05, 0) is 42.2 Å². The maximum Gasteiger partial charge on any atom is 0.225 e. The predicted octanol–water partition coefficient (Wildman–Crippen LogP) is 5.10. The highest BCUT2D eigenvalue weighted by molar-refractivity contribution is 6.30. The van der Waals surface area contributed by atoms with E-state index in [1.165, 1.54) is 0 Å². The first-order valence-electron chi connectivity index (χ1n) is 11.3. The number of amides is 1. The minimum absolute atomic E-state index is 0.144. The third kappa shape index (κ3) is 5.83. The number of methoxy groups -OCH3 is 1. The molecule has 0 radical (unpaired) electrons. The normalized spacial score (nSPS) is 15.1. The fourth-order valence-corrected chi connectivity index (χ4v) is 4.41. The highest BCUT2D eigenvalue weighted by Gasteiger charge is 2.27. The standard InChI is InChI=1S/C26H33ClN2O3/c1-18(2)15-24(30)22-7-5-6-8-23(22)28-11-13-29(14-12-28)26(31)19(3)16-20-9-10-21(27)17-25(20)32-4/h5-10,17-19H,11-16H2,1-4H3. The van der Waals surface area contributed by atoms with E-state index in [-0.39, 0.29) is 17.6 Å². The summed E-state index contributed by atoms with van der Waals surface area (Å²) in [5.74, 6) is 1.21. The molecule has 2 aromatic carbocycles. The van der Waals surface area contributed by atoms with Gasteiger partial charge in [0.25, 0.3) is 0 Å². The molecule has 1 heterocycles. The van der Waals surface area contributed by atoms with Crippen LogP contribution in [0.1, 0.15) is 43.1 Å². The molecular weight excluding hydrogens is 424 g/mol. The Bertz CT molecular complexity index is 952. The average molecular weight is 457 g/mol. The number of piperazine rings is 1. The van der Waals surface area contributed by atoms with Crippen LogP contribution in [0.15, 0.2) is 42.5 Å². The minimum Gasteiger partial charge on any atom is -0.496 e. The summed E-state index contributed by atoms with van der Waals surface area (Å²) < 4.78 is 5.43. The Morgan fingerprint density at radius 1 is 1.03 bits per heavy atom. The maximum atomic E-state index is 13.1. The van der Waals surface area contributed by atoms with Gasteiger partial charge >= 0.3 is 0 Å². The molecule has 32 heavy (non-hydrogen) atoms. The zero-order chi connectivity index (χ0) is 23.3. The zero-order valence-corrected chi connectivity index (χ0v) is 20.2. The Morgan fingerprint density at radius 2 is 1.72 bits per heavy atom. The molecule has 0 N–H and O–H groups in total. The molecule has 0 saturated carbocycles. The number of rotatable bonds is 8. The van der Waals surface area contributed by atoms with E-state index in [4.69, 9.17) is 16.3 Å². The van der Waals surface area contributed by atoms with Crippen LogP contribution in [-0.2, 0) is 11.2 Å². The van der Waals surface area contributed by atoms with E-state index >= 15 is 0 Å². The van der Waals surface area contributed by atoms with Crippen molar-refractivity contribution in [1.82, 2.24) is 4.90 Å². The SMILES string of the molecule is COc1cc(Cl)ccc1CC(C)C(=O)N1CCN(c2ccccc2C(=O)CC(C)C)CC1. The second-order valence-electron chi connectivity index (χ2n) is 8.91. The monoisotopic (exact) mass is 456 g/mol. The topological polar surface area (TPSA) is 49.9 Å². The van der Waals surface area contributed by atoms with Gasteiger partial charge in [0, 0.05) is 54.8 Å². The molecule has 0 aromatic heterocycles. The van der Waals surface area contributed by atoms with E-state index < -0.39 is 0 Å². The van der Waals surface area contributed by atoms with E-state index in [1.807, 2.05) is 48.2 Å². The number of carbonyl (C=O) groups is 2. The quantitative estimate of drug-likeness (QED) is 0.518. The van der Waals surface area contributed by atoms with Crippen LogP contribution in [-0.4, -0.2) is 49.9 Å². The van der Waals surface area contributed by atoms with Crippen molar-refractivity contribution in [3.8, 4) is 5.75 Å². The maximum absolute atomic E-state index is 13.1. The predicted molar refractivity (Wildman–Crippen MR) is 130 cm³/mol. The van der Waals surface area contributed by atoms with Gasteiger partial charge in [0.15, 0.2) is 5.78 Å². The Morgan fingerprint density at radius 3 is 2.38 bits per heavy atom. The third-order valence-corrected chi connectivity index (χ3v) is 6.16. The molecule has 0 bridgehead atoms. The van der Waals surface area contributed by atoms with Crippen molar-refractivity contribution in [3.63, 3.8) is 0 Å². The van der Waals surface area contributed by atoms with Gasteiger partial charge in [-0.25, -0.2) is 0 Å². The Labute approximate surface area is 196 Å². The van der Waals surface area contributed by atoms with Gasteiger partial charge in [-0.2, -0.15) is 0 Å². The molecule has 172 valence electrons. The van der Waals surface area contributed by atoms with Gasteiger partial charge < -0.3 is 14.5 Å². The first-order chi connectivity index (χ1) is 15.3. The van der Waals surface area contributed by atoms with E-state index in [0.29, 0.717) is 55.7 Å². The van der Waals surface area contributed by atoms with Crippen LogP contribution in [0.4, 0.5) is 5.69 Å². The first kappa shape index (κ1) is 24.1. The van der Waals surface area contributed by atoms with Crippen molar-refractivity contribution in [2.75, 3.05) is 38.2 Å². The second-order valence-corrected chi connectivity index (χ2v) is 9.35. The van der Waals surface area contributed by atoms with Crippen LogP contribution in [0.5, 0.6) is 5.75 Å². The van der Waals surface area contributed by atoms with Crippen molar-refractivity contribution in [2.45, 2.75) is 33.6 Å². The van der Waals surface area contributed by atoms with Gasteiger partial charge in [0.2, 0.25) is 5.91 Å². The van der Waals surface area contributed by atoms with Gasteiger partial charge in [0.1, 0.15) is 5.75 Å². The van der Waals surface area contributed by atoms with Crippen LogP contribution in [0.3, 0.4) is 0 Å². The Balaban J connectivity index is 1.62. The lowest BCUT2D eigenvalue weighted by Gasteiger charge is -2.38. The molecule has 5 nitrogen and oxygen atoms in total. The summed E-state index contributed by atoms with van der Waals surface area (Å²) in [4.78, 5) is 30.0. The molecule has 0 spiro atoms. The molecule has 1 aliphatic rings. The lowest BCUT2D eigenvalue weighted by Crippen LogP contribution is -2.50. The minimum atomic E-state index is -0.156. The van der Waals surface area contributed by atoms with Crippen LogP contribution < -0.4 is 9.64 Å². The number of Topliss-reactive ketones (excluding diaryl/α,β-unsaturated/α-hetero) is 1. The zero-order valence-electron chi connectivity index (χ0n) is 19.4. The van der Waals surface area contributed by atoms with Crippen molar-refractivity contribution < 1.29 is 14.3 Å². The van der Waals surface area contributed by atoms with Crippen molar-refractivity contribution in [1.29, 1.82) is 0 Å². The van der Waals surface area contributed by atoms with E-state index in [2.05, 4.69) is 18.7 Å². The summed E-state index contributed by atoms with van der Waals surface area (Å²) in [6.07, 6.45) is 1.15. The summed E-state index contributed by atoms with van der Waals surface area (Å²) in [7, 11) is 1.62. The molecule has 1 unspecified atom stereocenters. The van der Waals surface area contributed by atoms with Gasteiger partial charge in [-0.15, -0.1) is 0 Å². The second kappa shape index (κ2) is 10.9. The molecule has 0 aliphatic carbocycles. The number of carbonyl (C=O) groups excluding carboxylic acids is 2. The van der Waals surface area contributed by atoms with Crippen molar-refractivity contribution >= 4 is 29.0 Å². The molecule has 1 atom stereocenters. The van der Waals surface area contributed by atoms with Crippen LogP contribution in [0.25, 0.3) is 0 Å². The van der Waals surface area contributed by atoms with E-state index in [0.717, 1.165) is 16.8 Å². The summed E-state index contributed by atoms with van der Waals surface area (Å²) in [6, 6.07) is 13.4. The summed E-state index contributed by atoms with van der Waals surface area (Å²) in [5, 5.41) is 0.618. The first-order valence-corrected chi connectivity index (χ1v) is 11.7. The van der Waals surface area contributed by atoms with Crippen molar-refractivity contribution in [3.05, 3.63) is 58.6 Å². The molecule has 3 rings (SSSR count). The smallest absolute Gasteiger partial charge is 0.225 e. The molecule has 6 heteroatoms. The van der Waals surface area contributed by atoms with E-state index in [9.17, 15) is 9.59 Å². The number of hydrogen-bond donors (Lipinski definition) is 0. The number of ether oxygens (including phenoxy) is 1. The average Bonchev–Trinajstić information content (AvgIpc) is 2.79. The highest BCUT2D eigenvalue weighted by Crippen LogP contribution is 2.27. The number of ketones is 1. The van der Waals surface area contributed by atoms with Gasteiger partial charge in [-0.3, -0.25) is 9.59 Å².